The summed E-state index contributed by atoms with van der Waals surface area (Å²) in [7, 11) is -6.63. The lowest BCUT2D eigenvalue weighted by molar-refractivity contribution is 0.561. The molecule has 106 valence electrons. The molecule has 6 nitrogen and oxygen atoms in total. The smallest absolute Gasteiger partial charge is 0.216 e. The average molecular weight is 304 g/mol. The first kappa shape index (κ1) is 14.3. The van der Waals surface area contributed by atoms with Gasteiger partial charge in [-0.2, -0.15) is 0 Å². The van der Waals surface area contributed by atoms with Crippen LogP contribution >= 0.6 is 0 Å². The van der Waals surface area contributed by atoms with Crippen molar-refractivity contribution >= 4 is 25.5 Å². The van der Waals surface area contributed by atoms with Crippen molar-refractivity contribution in [1.29, 1.82) is 0 Å². The zero-order valence-electron chi connectivity index (χ0n) is 10.2. The molecule has 1 aliphatic heterocycles. The SMILES string of the molecule is Nc1ccc(CS(=O)(=O)NC2CCS(=O)(=O)C2)cc1. The van der Waals surface area contributed by atoms with Crippen molar-refractivity contribution in [3.05, 3.63) is 29.8 Å². The summed E-state index contributed by atoms with van der Waals surface area (Å²) in [4.78, 5) is 0. The molecular weight excluding hydrogens is 288 g/mol. The van der Waals surface area contributed by atoms with Gasteiger partial charge in [0.2, 0.25) is 10.0 Å². The Hall–Kier alpha value is -1.12. The van der Waals surface area contributed by atoms with Crippen LogP contribution in [-0.4, -0.2) is 34.4 Å². The van der Waals surface area contributed by atoms with Crippen LogP contribution in [0.5, 0.6) is 0 Å². The standard InChI is InChI=1S/C11H16N2O4S2/c12-10-3-1-9(2-4-10)7-19(16,17)13-11-5-6-18(14,15)8-11/h1-4,11,13H,5-8,12H2. The van der Waals surface area contributed by atoms with Gasteiger partial charge in [-0.25, -0.2) is 21.6 Å². The van der Waals surface area contributed by atoms with Gasteiger partial charge in [0.1, 0.15) is 0 Å². The molecule has 1 heterocycles. The molecule has 1 unspecified atom stereocenters. The van der Waals surface area contributed by atoms with Crippen LogP contribution in [0.25, 0.3) is 0 Å². The summed E-state index contributed by atoms with van der Waals surface area (Å²) in [5, 5.41) is 0. The number of nitrogens with two attached hydrogens (primary N) is 1. The number of sulfone groups is 1. The van der Waals surface area contributed by atoms with E-state index >= 15 is 0 Å². The molecule has 1 aromatic carbocycles. The third-order valence-electron chi connectivity index (χ3n) is 2.92. The van der Waals surface area contributed by atoms with Gasteiger partial charge in [-0.15, -0.1) is 0 Å². The quantitative estimate of drug-likeness (QED) is 0.754. The second-order valence-electron chi connectivity index (χ2n) is 4.72. The van der Waals surface area contributed by atoms with Gasteiger partial charge in [0.05, 0.1) is 17.3 Å². The molecular formula is C11H16N2O4S2. The minimum absolute atomic E-state index is 0.0437. The predicted octanol–water partition coefficient (Wildman–Crippen LogP) is -0.125. The number of benzene rings is 1. The highest BCUT2D eigenvalue weighted by Gasteiger charge is 2.30. The van der Waals surface area contributed by atoms with E-state index in [2.05, 4.69) is 4.72 Å². The van der Waals surface area contributed by atoms with Gasteiger partial charge in [-0.3, -0.25) is 0 Å². The summed E-state index contributed by atoms with van der Waals surface area (Å²) >= 11 is 0. The molecule has 0 aromatic heterocycles. The Morgan fingerprint density at radius 3 is 2.42 bits per heavy atom. The summed E-state index contributed by atoms with van der Waals surface area (Å²) in [6.45, 7) is 0. The largest absolute Gasteiger partial charge is 0.399 e. The molecule has 3 N–H and O–H groups in total. The Balaban J connectivity index is 2.01. The van der Waals surface area contributed by atoms with Gasteiger partial charge < -0.3 is 5.73 Å². The van der Waals surface area contributed by atoms with Crippen molar-refractivity contribution in [1.82, 2.24) is 4.72 Å². The van der Waals surface area contributed by atoms with E-state index in [1.165, 1.54) is 0 Å². The molecule has 0 saturated carbocycles. The maximum atomic E-state index is 11.9. The normalized spacial score (nSPS) is 22.4. The first-order valence-corrected chi connectivity index (χ1v) is 9.28. The number of hydrogen-bond acceptors (Lipinski definition) is 5. The second-order valence-corrected chi connectivity index (χ2v) is 8.70. The number of nitrogens with one attached hydrogen (secondary N) is 1. The summed E-state index contributed by atoms with van der Waals surface area (Å²) in [5.41, 5.74) is 6.70. The lowest BCUT2D eigenvalue weighted by atomic mass is 10.2. The number of nitrogen functional groups attached to an aromatic ring is 1. The Labute approximate surface area is 113 Å². The maximum Gasteiger partial charge on any atom is 0.216 e. The van der Waals surface area contributed by atoms with Crippen LogP contribution in [-0.2, 0) is 25.6 Å². The average Bonchev–Trinajstić information content (AvgIpc) is 2.60. The molecule has 8 heteroatoms. The van der Waals surface area contributed by atoms with E-state index in [1.54, 1.807) is 24.3 Å². The van der Waals surface area contributed by atoms with Gasteiger partial charge in [-0.05, 0) is 24.1 Å². The zero-order chi connectivity index (χ0) is 14.1. The Bertz CT molecular complexity index is 650. The van der Waals surface area contributed by atoms with Crippen LogP contribution in [0.1, 0.15) is 12.0 Å². The molecule has 1 saturated heterocycles. The van der Waals surface area contributed by atoms with Crippen molar-refractivity contribution in [3.8, 4) is 0 Å². The summed E-state index contributed by atoms with van der Waals surface area (Å²) in [6, 6.07) is 6.03. The van der Waals surface area contributed by atoms with Gasteiger partial charge in [-0.1, -0.05) is 12.1 Å². The third-order valence-corrected chi connectivity index (χ3v) is 6.09. The summed E-state index contributed by atoms with van der Waals surface area (Å²) in [6.07, 6.45) is 0.337. The molecule has 19 heavy (non-hydrogen) atoms. The third kappa shape index (κ3) is 4.19. The van der Waals surface area contributed by atoms with Crippen molar-refractivity contribution in [2.24, 2.45) is 0 Å². The summed E-state index contributed by atoms with van der Waals surface area (Å²) < 4.78 is 48.8. The number of hydrogen-bond donors (Lipinski definition) is 2. The lowest BCUT2D eigenvalue weighted by Crippen LogP contribution is -2.36. The lowest BCUT2D eigenvalue weighted by Gasteiger charge is -2.11. The van der Waals surface area contributed by atoms with E-state index in [1.807, 2.05) is 0 Å². The van der Waals surface area contributed by atoms with Crippen LogP contribution in [0.4, 0.5) is 5.69 Å². The summed E-state index contributed by atoms with van der Waals surface area (Å²) in [5.74, 6) is -0.250. The highest BCUT2D eigenvalue weighted by atomic mass is 32.2. The topological polar surface area (TPSA) is 106 Å². The van der Waals surface area contributed by atoms with Gasteiger partial charge in [0, 0.05) is 11.7 Å². The number of sulfonamides is 1. The van der Waals surface area contributed by atoms with Crippen molar-refractivity contribution < 1.29 is 16.8 Å². The van der Waals surface area contributed by atoms with E-state index in [0.29, 0.717) is 17.7 Å². The van der Waals surface area contributed by atoms with Crippen molar-refractivity contribution in [2.75, 3.05) is 17.2 Å². The van der Waals surface area contributed by atoms with E-state index in [-0.39, 0.29) is 17.3 Å². The maximum absolute atomic E-state index is 11.9. The second kappa shape index (κ2) is 5.10. The first-order valence-electron chi connectivity index (χ1n) is 5.81. The van der Waals surface area contributed by atoms with Crippen LogP contribution in [0.2, 0.25) is 0 Å². The van der Waals surface area contributed by atoms with E-state index < -0.39 is 25.9 Å². The van der Waals surface area contributed by atoms with Crippen LogP contribution in [0.15, 0.2) is 24.3 Å². The Morgan fingerprint density at radius 1 is 1.26 bits per heavy atom. The molecule has 0 radical (unpaired) electrons. The van der Waals surface area contributed by atoms with Gasteiger partial charge >= 0.3 is 0 Å². The molecule has 2 rings (SSSR count). The first-order chi connectivity index (χ1) is 8.76. The van der Waals surface area contributed by atoms with Crippen LogP contribution in [0.3, 0.4) is 0 Å². The predicted molar refractivity (Wildman–Crippen MR) is 73.7 cm³/mol. The van der Waals surface area contributed by atoms with Gasteiger partial charge in [0.25, 0.3) is 0 Å². The fourth-order valence-corrected chi connectivity index (χ4v) is 5.22. The van der Waals surface area contributed by atoms with E-state index in [0.717, 1.165) is 0 Å². The fourth-order valence-electron chi connectivity index (χ4n) is 2.02. The Kier molecular flexibility index (Phi) is 3.84. The monoisotopic (exact) mass is 304 g/mol. The molecule has 1 fully saturated rings. The highest BCUT2D eigenvalue weighted by molar-refractivity contribution is 7.92. The minimum Gasteiger partial charge on any atom is -0.399 e. The fraction of sp³-hybridized carbons (Fsp3) is 0.455. The molecule has 1 aliphatic rings. The highest BCUT2D eigenvalue weighted by Crippen LogP contribution is 2.14. The van der Waals surface area contributed by atoms with Crippen LogP contribution < -0.4 is 10.5 Å². The Morgan fingerprint density at radius 2 is 1.89 bits per heavy atom. The van der Waals surface area contributed by atoms with Crippen molar-refractivity contribution in [2.45, 2.75) is 18.2 Å². The molecule has 1 atom stereocenters. The molecule has 1 aromatic rings. The zero-order valence-corrected chi connectivity index (χ0v) is 11.9. The van der Waals surface area contributed by atoms with Gasteiger partial charge in [0.15, 0.2) is 9.84 Å². The number of anilines is 1. The molecule has 0 spiro atoms. The minimum atomic E-state index is -3.54. The van der Waals surface area contributed by atoms with E-state index in [4.69, 9.17) is 5.73 Å². The molecule has 0 amide bonds. The number of rotatable bonds is 4. The van der Waals surface area contributed by atoms with E-state index in [9.17, 15) is 16.8 Å². The molecule has 0 aliphatic carbocycles. The van der Waals surface area contributed by atoms with Crippen molar-refractivity contribution in [3.63, 3.8) is 0 Å². The van der Waals surface area contributed by atoms with Crippen LogP contribution in [0, 0.1) is 0 Å². The molecule has 0 bridgehead atoms.